The molecule has 3 rings (SSSR count). The lowest BCUT2D eigenvalue weighted by atomic mass is 9.71. The van der Waals surface area contributed by atoms with E-state index in [1.807, 2.05) is 0 Å². The number of Topliss-reactive ketones (excluding diaryl/α,β-unsaturated/α-hetero) is 1. The molecule has 0 bridgehead atoms. The van der Waals surface area contributed by atoms with E-state index in [2.05, 4.69) is 31.6 Å². The number of amides is 1. The number of nitrogens with one attached hydrogen (secondary N) is 2. The normalized spacial score (nSPS) is 18.1. The summed E-state index contributed by atoms with van der Waals surface area (Å²) in [4.78, 5) is 28.8. The second kappa shape index (κ2) is 10.5. The van der Waals surface area contributed by atoms with Crippen LogP contribution >= 0.6 is 15.9 Å². The number of methoxy groups -OCH3 is 1. The number of hydrogen-bond acceptors (Lipinski definition) is 5. The van der Waals surface area contributed by atoms with Gasteiger partial charge in [-0.05, 0) is 77.2 Å². The number of benzene rings is 2. The SMILES string of the molecule is COc1ccc(NC(=O)CC2CC(C(=O)/C(=N/CO)Nc3ccc(F)c(Br)c3)C2)cc1. The largest absolute Gasteiger partial charge is 0.497 e. The first-order valence-electron chi connectivity index (χ1n) is 9.75. The molecule has 0 heterocycles. The third-order valence-electron chi connectivity index (χ3n) is 5.10. The van der Waals surface area contributed by atoms with Crippen LogP contribution in [0.4, 0.5) is 15.8 Å². The minimum absolute atomic E-state index is 0.0205. The van der Waals surface area contributed by atoms with E-state index in [1.165, 1.54) is 18.2 Å². The lowest BCUT2D eigenvalue weighted by Gasteiger charge is -2.34. The predicted octanol–water partition coefficient (Wildman–Crippen LogP) is 3.98. The smallest absolute Gasteiger partial charge is 0.224 e. The highest BCUT2D eigenvalue weighted by Gasteiger charge is 2.37. The van der Waals surface area contributed by atoms with Gasteiger partial charge in [0.25, 0.3) is 0 Å². The molecule has 1 aliphatic rings. The van der Waals surface area contributed by atoms with Gasteiger partial charge in [-0.2, -0.15) is 0 Å². The molecule has 2 aromatic rings. The van der Waals surface area contributed by atoms with Crippen LogP contribution in [0.15, 0.2) is 51.9 Å². The Kier molecular flexibility index (Phi) is 7.75. The summed E-state index contributed by atoms with van der Waals surface area (Å²) in [6.07, 6.45) is 1.45. The van der Waals surface area contributed by atoms with Crippen LogP contribution in [0.25, 0.3) is 0 Å². The number of halogens is 2. The average molecular weight is 492 g/mol. The van der Waals surface area contributed by atoms with Gasteiger partial charge in [0.1, 0.15) is 18.3 Å². The lowest BCUT2D eigenvalue weighted by Crippen LogP contribution is -2.39. The maximum absolute atomic E-state index is 13.4. The molecule has 164 valence electrons. The molecule has 1 aliphatic carbocycles. The number of aliphatic hydroxyl groups excluding tert-OH is 1. The third kappa shape index (κ3) is 6.11. The van der Waals surface area contributed by atoms with Crippen molar-refractivity contribution in [1.29, 1.82) is 0 Å². The van der Waals surface area contributed by atoms with Crippen molar-refractivity contribution in [3.63, 3.8) is 0 Å². The molecule has 1 amide bonds. The van der Waals surface area contributed by atoms with Gasteiger partial charge in [0.05, 0.1) is 11.6 Å². The first kappa shape index (κ1) is 22.9. The molecule has 3 N–H and O–H groups in total. The van der Waals surface area contributed by atoms with E-state index in [4.69, 9.17) is 9.84 Å². The monoisotopic (exact) mass is 491 g/mol. The molecule has 0 aromatic heterocycles. The molecule has 9 heteroatoms. The molecule has 1 saturated carbocycles. The van der Waals surface area contributed by atoms with Crippen LogP contribution in [0.1, 0.15) is 19.3 Å². The van der Waals surface area contributed by atoms with Gasteiger partial charge in [0.2, 0.25) is 11.7 Å². The summed E-state index contributed by atoms with van der Waals surface area (Å²) in [5, 5.41) is 14.9. The summed E-state index contributed by atoms with van der Waals surface area (Å²) in [7, 11) is 1.58. The molecule has 31 heavy (non-hydrogen) atoms. The molecule has 0 aliphatic heterocycles. The summed E-state index contributed by atoms with van der Waals surface area (Å²) in [5.41, 5.74) is 1.16. The van der Waals surface area contributed by atoms with Crippen LogP contribution < -0.4 is 15.4 Å². The van der Waals surface area contributed by atoms with Crippen LogP contribution in [0.2, 0.25) is 0 Å². The zero-order valence-electron chi connectivity index (χ0n) is 16.9. The van der Waals surface area contributed by atoms with E-state index in [1.54, 1.807) is 31.4 Å². The minimum Gasteiger partial charge on any atom is -0.497 e. The van der Waals surface area contributed by atoms with Crippen molar-refractivity contribution in [2.75, 3.05) is 24.5 Å². The molecular formula is C22H23BrFN3O4. The Labute approximate surface area is 187 Å². The van der Waals surface area contributed by atoms with E-state index in [0.29, 0.717) is 36.4 Å². The number of amidine groups is 1. The second-order valence-electron chi connectivity index (χ2n) is 7.28. The van der Waals surface area contributed by atoms with Crippen molar-refractivity contribution >= 4 is 44.8 Å². The van der Waals surface area contributed by atoms with Gasteiger partial charge in [0.15, 0.2) is 5.84 Å². The molecule has 0 saturated heterocycles. The Morgan fingerprint density at radius 3 is 2.45 bits per heavy atom. The zero-order valence-corrected chi connectivity index (χ0v) is 18.5. The highest BCUT2D eigenvalue weighted by Crippen LogP contribution is 2.37. The van der Waals surface area contributed by atoms with Gasteiger partial charge in [-0.1, -0.05) is 0 Å². The molecular weight excluding hydrogens is 469 g/mol. The number of anilines is 2. The van der Waals surface area contributed by atoms with Crippen LogP contribution in [0.3, 0.4) is 0 Å². The molecule has 0 unspecified atom stereocenters. The number of aliphatic hydroxyl groups is 1. The number of carbonyl (C=O) groups is 2. The van der Waals surface area contributed by atoms with Gasteiger partial charge in [-0.25, -0.2) is 9.38 Å². The van der Waals surface area contributed by atoms with E-state index in [9.17, 15) is 14.0 Å². The highest BCUT2D eigenvalue weighted by atomic mass is 79.9. The topological polar surface area (TPSA) is 100 Å². The first-order chi connectivity index (χ1) is 14.9. The van der Waals surface area contributed by atoms with Gasteiger partial charge in [-0.15, -0.1) is 0 Å². The fraction of sp³-hybridized carbons (Fsp3) is 0.318. The Morgan fingerprint density at radius 2 is 1.84 bits per heavy atom. The quantitative estimate of drug-likeness (QED) is 0.383. The summed E-state index contributed by atoms with van der Waals surface area (Å²) in [6, 6.07) is 11.3. The van der Waals surface area contributed by atoms with Gasteiger partial charge >= 0.3 is 0 Å². The maximum atomic E-state index is 13.4. The molecule has 0 spiro atoms. The van der Waals surface area contributed by atoms with Gasteiger partial charge < -0.3 is 20.5 Å². The van der Waals surface area contributed by atoms with Crippen molar-refractivity contribution in [2.45, 2.75) is 19.3 Å². The number of nitrogens with zero attached hydrogens (tertiary/aromatic N) is 1. The number of rotatable bonds is 8. The molecule has 0 radical (unpaired) electrons. The van der Waals surface area contributed by atoms with E-state index in [0.717, 1.165) is 0 Å². The number of ketones is 1. The molecule has 0 atom stereocenters. The summed E-state index contributed by atoms with van der Waals surface area (Å²) >= 11 is 3.09. The molecule has 1 fully saturated rings. The molecule has 7 nitrogen and oxygen atoms in total. The number of hydrogen-bond donors (Lipinski definition) is 3. The zero-order chi connectivity index (χ0) is 22.4. The Hall–Kier alpha value is -2.78. The molecule has 2 aromatic carbocycles. The second-order valence-corrected chi connectivity index (χ2v) is 8.14. The average Bonchev–Trinajstić information content (AvgIpc) is 2.73. The fourth-order valence-electron chi connectivity index (χ4n) is 3.42. The number of ether oxygens (including phenoxy) is 1. The summed E-state index contributed by atoms with van der Waals surface area (Å²) in [5.74, 6) is -0.219. The number of carbonyl (C=O) groups excluding carboxylic acids is 2. The minimum atomic E-state index is -0.545. The Balaban J connectivity index is 1.50. The van der Waals surface area contributed by atoms with Crippen LogP contribution in [-0.2, 0) is 9.59 Å². The predicted molar refractivity (Wildman–Crippen MR) is 120 cm³/mol. The van der Waals surface area contributed by atoms with Gasteiger partial charge in [-0.3, -0.25) is 9.59 Å². The van der Waals surface area contributed by atoms with Crippen molar-refractivity contribution in [2.24, 2.45) is 16.8 Å². The fourth-order valence-corrected chi connectivity index (χ4v) is 3.80. The van der Waals surface area contributed by atoms with E-state index < -0.39 is 12.5 Å². The third-order valence-corrected chi connectivity index (χ3v) is 5.71. The highest BCUT2D eigenvalue weighted by molar-refractivity contribution is 9.10. The first-order valence-corrected chi connectivity index (χ1v) is 10.5. The maximum Gasteiger partial charge on any atom is 0.224 e. The van der Waals surface area contributed by atoms with Crippen molar-refractivity contribution in [3.8, 4) is 5.75 Å². The van der Waals surface area contributed by atoms with Crippen LogP contribution in [0, 0.1) is 17.7 Å². The standard InChI is InChI=1S/C22H23BrFN3O4/c1-31-17-5-2-15(3-6-17)26-20(29)10-13-8-14(9-13)21(30)22(25-12-28)27-16-4-7-19(24)18(23)11-16/h2-7,11,13-14,28H,8-10,12H2,1H3,(H,25,27)(H,26,29). The Bertz CT molecular complexity index is 975. The summed E-state index contributed by atoms with van der Waals surface area (Å²) in [6.45, 7) is -0.545. The lowest BCUT2D eigenvalue weighted by molar-refractivity contribution is -0.123. The van der Waals surface area contributed by atoms with Crippen LogP contribution in [-0.4, -0.2) is 36.5 Å². The van der Waals surface area contributed by atoms with E-state index in [-0.39, 0.29) is 33.8 Å². The van der Waals surface area contributed by atoms with Crippen molar-refractivity contribution in [3.05, 3.63) is 52.8 Å². The van der Waals surface area contributed by atoms with E-state index >= 15 is 0 Å². The summed E-state index contributed by atoms with van der Waals surface area (Å²) < 4.78 is 18.7. The van der Waals surface area contributed by atoms with Crippen molar-refractivity contribution in [1.82, 2.24) is 0 Å². The van der Waals surface area contributed by atoms with Crippen LogP contribution in [0.5, 0.6) is 5.75 Å². The van der Waals surface area contributed by atoms with Gasteiger partial charge in [0, 0.05) is 23.7 Å². The van der Waals surface area contributed by atoms with Crippen molar-refractivity contribution < 1.29 is 23.8 Å². The Morgan fingerprint density at radius 1 is 1.16 bits per heavy atom. The number of aliphatic imine (C=N–C) groups is 1.